The maximum absolute atomic E-state index is 2.53. The quantitative estimate of drug-likeness (QED) is 0.556. The van der Waals surface area contributed by atoms with Crippen LogP contribution in [-0.4, -0.2) is 0 Å². The van der Waals surface area contributed by atoms with Crippen molar-refractivity contribution in [1.82, 2.24) is 0 Å². The molecule has 0 radical (unpaired) electrons. The molecule has 1 aromatic carbocycles. The largest absolute Gasteiger partial charge is 0.0801 e. The summed E-state index contributed by atoms with van der Waals surface area (Å²) in [6.45, 7) is 18.9. The monoisotopic (exact) mass is 384 g/mol. The fourth-order valence-corrected chi connectivity index (χ4v) is 5.72. The smallest absolute Gasteiger partial charge is 0.0215 e. The first kappa shape index (κ1) is 20.2. The molecule has 0 bridgehead atoms. The number of allylic oxidation sites excluding steroid dienone is 8. The molecule has 4 rings (SSSR count). The summed E-state index contributed by atoms with van der Waals surface area (Å²) in [4.78, 5) is 0. The highest BCUT2D eigenvalue weighted by Gasteiger charge is 2.49. The zero-order valence-electron chi connectivity index (χ0n) is 19.5. The molecule has 152 valence electrons. The van der Waals surface area contributed by atoms with Gasteiger partial charge in [0.05, 0.1) is 0 Å². The van der Waals surface area contributed by atoms with Crippen molar-refractivity contribution in [2.45, 2.75) is 67.2 Å². The first-order chi connectivity index (χ1) is 13.5. The SMILES string of the molecule is CC(C)C1(C(C)(C)C)C=CC2=c3ccc(C(C)(C)C)cc3=CC2=C1C1=CC=CC1. The van der Waals surface area contributed by atoms with Crippen molar-refractivity contribution in [2.75, 3.05) is 0 Å². The van der Waals surface area contributed by atoms with Crippen LogP contribution in [-0.2, 0) is 5.41 Å². The lowest BCUT2D eigenvalue weighted by Gasteiger charge is -2.51. The van der Waals surface area contributed by atoms with Crippen LogP contribution < -0.4 is 10.4 Å². The Labute approximate surface area is 177 Å². The van der Waals surface area contributed by atoms with Crippen molar-refractivity contribution in [3.05, 3.63) is 81.3 Å². The van der Waals surface area contributed by atoms with E-state index in [1.165, 1.54) is 32.7 Å². The Morgan fingerprint density at radius 3 is 2.24 bits per heavy atom. The van der Waals surface area contributed by atoms with Crippen molar-refractivity contribution in [2.24, 2.45) is 16.7 Å². The summed E-state index contributed by atoms with van der Waals surface area (Å²) < 4.78 is 0. The van der Waals surface area contributed by atoms with Crippen molar-refractivity contribution in [1.29, 1.82) is 0 Å². The summed E-state index contributed by atoms with van der Waals surface area (Å²) in [6.07, 6.45) is 15.3. The first-order valence-electron chi connectivity index (χ1n) is 11.1. The molecule has 0 aromatic heterocycles. The fourth-order valence-electron chi connectivity index (χ4n) is 5.72. The molecule has 0 spiro atoms. The molecule has 0 heteroatoms. The number of hydrogen-bond acceptors (Lipinski definition) is 0. The molecule has 0 amide bonds. The van der Waals surface area contributed by atoms with Gasteiger partial charge < -0.3 is 0 Å². The van der Waals surface area contributed by atoms with Crippen molar-refractivity contribution >= 4 is 11.6 Å². The second kappa shape index (κ2) is 6.46. The average molecular weight is 385 g/mol. The second-order valence-electron chi connectivity index (χ2n) is 11.3. The normalized spacial score (nSPS) is 23.5. The predicted molar refractivity (Wildman–Crippen MR) is 127 cm³/mol. The molecule has 0 nitrogen and oxygen atoms in total. The van der Waals surface area contributed by atoms with Gasteiger partial charge in [-0.15, -0.1) is 0 Å². The molecule has 0 aliphatic heterocycles. The van der Waals surface area contributed by atoms with E-state index in [4.69, 9.17) is 0 Å². The summed E-state index contributed by atoms with van der Waals surface area (Å²) in [6, 6.07) is 7.08. The van der Waals surface area contributed by atoms with Gasteiger partial charge in [0.15, 0.2) is 0 Å². The van der Waals surface area contributed by atoms with E-state index in [9.17, 15) is 0 Å². The van der Waals surface area contributed by atoms with Crippen LogP contribution in [0.25, 0.3) is 11.6 Å². The molecule has 0 saturated carbocycles. The number of fused-ring (bicyclic) bond motifs is 2. The van der Waals surface area contributed by atoms with Gasteiger partial charge >= 0.3 is 0 Å². The molecule has 0 saturated heterocycles. The maximum atomic E-state index is 2.53. The van der Waals surface area contributed by atoms with E-state index in [1.54, 1.807) is 5.57 Å². The lowest BCUT2D eigenvalue weighted by Crippen LogP contribution is -2.42. The van der Waals surface area contributed by atoms with E-state index in [2.05, 4.69) is 110 Å². The molecule has 1 unspecified atom stereocenters. The Hall–Kier alpha value is -2.08. The molecular formula is C29H36. The lowest BCUT2D eigenvalue weighted by molar-refractivity contribution is 0.129. The molecule has 29 heavy (non-hydrogen) atoms. The van der Waals surface area contributed by atoms with Crippen LogP contribution in [0.4, 0.5) is 0 Å². The van der Waals surface area contributed by atoms with Crippen LogP contribution in [0.2, 0.25) is 0 Å². The van der Waals surface area contributed by atoms with E-state index in [-0.39, 0.29) is 16.2 Å². The van der Waals surface area contributed by atoms with Gasteiger partial charge in [0, 0.05) is 5.41 Å². The first-order valence-corrected chi connectivity index (χ1v) is 11.1. The molecule has 0 N–H and O–H groups in total. The van der Waals surface area contributed by atoms with Crippen LogP contribution in [0.3, 0.4) is 0 Å². The summed E-state index contributed by atoms with van der Waals surface area (Å²) in [5.74, 6) is 0.520. The Kier molecular flexibility index (Phi) is 4.50. The predicted octanol–water partition coefficient (Wildman–Crippen LogP) is 6.37. The highest BCUT2D eigenvalue weighted by atomic mass is 14.5. The Bertz CT molecular complexity index is 1100. The van der Waals surface area contributed by atoms with Gasteiger partial charge in [-0.2, -0.15) is 0 Å². The van der Waals surface area contributed by atoms with Gasteiger partial charge in [-0.25, -0.2) is 0 Å². The van der Waals surface area contributed by atoms with E-state index in [0.29, 0.717) is 5.92 Å². The van der Waals surface area contributed by atoms with Crippen LogP contribution >= 0.6 is 0 Å². The summed E-state index contributed by atoms with van der Waals surface area (Å²) in [7, 11) is 0. The van der Waals surface area contributed by atoms with Gasteiger partial charge in [-0.1, -0.05) is 104 Å². The van der Waals surface area contributed by atoms with Gasteiger partial charge in [0.1, 0.15) is 0 Å². The third-order valence-corrected chi connectivity index (χ3v) is 7.24. The van der Waals surface area contributed by atoms with Crippen molar-refractivity contribution in [3.8, 4) is 0 Å². The van der Waals surface area contributed by atoms with E-state index in [1.807, 2.05) is 0 Å². The van der Waals surface area contributed by atoms with Crippen molar-refractivity contribution < 1.29 is 0 Å². The topological polar surface area (TPSA) is 0 Å². The minimum Gasteiger partial charge on any atom is -0.0801 e. The van der Waals surface area contributed by atoms with Gasteiger partial charge in [-0.05, 0) is 67.5 Å². The number of hydrogen-bond donors (Lipinski definition) is 0. The van der Waals surface area contributed by atoms with Crippen LogP contribution in [0.1, 0.15) is 67.4 Å². The summed E-state index contributed by atoms with van der Waals surface area (Å²) >= 11 is 0. The third-order valence-electron chi connectivity index (χ3n) is 7.24. The lowest BCUT2D eigenvalue weighted by atomic mass is 9.53. The van der Waals surface area contributed by atoms with E-state index >= 15 is 0 Å². The zero-order chi connectivity index (χ0) is 21.2. The Morgan fingerprint density at radius 2 is 1.69 bits per heavy atom. The standard InChI is InChI=1S/C29H36/c1-19(2)29(28(6,7)8)16-15-24-23-14-13-22(27(3,4)5)17-21(23)18-25(24)26(29)20-11-9-10-12-20/h9-11,13-19H,12H2,1-8H3. The van der Waals surface area contributed by atoms with Gasteiger partial charge in [-0.3, -0.25) is 0 Å². The maximum Gasteiger partial charge on any atom is 0.0215 e. The highest BCUT2D eigenvalue weighted by Crippen LogP contribution is 2.58. The molecule has 1 atom stereocenters. The third kappa shape index (κ3) is 2.95. The van der Waals surface area contributed by atoms with Crippen LogP contribution in [0.5, 0.6) is 0 Å². The summed E-state index contributed by atoms with van der Waals surface area (Å²) in [5, 5.41) is 2.77. The molecule has 0 fully saturated rings. The fraction of sp³-hybridized carbons (Fsp3) is 0.448. The van der Waals surface area contributed by atoms with Gasteiger partial charge in [0.25, 0.3) is 0 Å². The Balaban J connectivity index is 2.07. The molecule has 3 aliphatic rings. The molecule has 3 aliphatic carbocycles. The minimum absolute atomic E-state index is 0.0229. The van der Waals surface area contributed by atoms with E-state index in [0.717, 1.165) is 6.42 Å². The Morgan fingerprint density at radius 1 is 0.966 bits per heavy atom. The zero-order valence-corrected chi connectivity index (χ0v) is 19.5. The second-order valence-corrected chi connectivity index (χ2v) is 11.3. The highest BCUT2D eigenvalue weighted by molar-refractivity contribution is 5.92. The van der Waals surface area contributed by atoms with Gasteiger partial charge in [0.2, 0.25) is 0 Å². The minimum atomic E-state index is 0.0229. The summed E-state index contributed by atoms with van der Waals surface area (Å²) in [5.41, 5.74) is 7.63. The molecule has 1 aromatic rings. The molecule has 0 heterocycles. The molecular weight excluding hydrogens is 348 g/mol. The average Bonchev–Trinajstić information content (AvgIpc) is 3.25. The van der Waals surface area contributed by atoms with Crippen molar-refractivity contribution in [3.63, 3.8) is 0 Å². The number of rotatable bonds is 2. The van der Waals surface area contributed by atoms with Crippen LogP contribution in [0, 0.1) is 16.7 Å². The van der Waals surface area contributed by atoms with Crippen LogP contribution in [0.15, 0.2) is 65.3 Å². The van der Waals surface area contributed by atoms with E-state index < -0.39 is 0 Å². The number of benzene rings is 1.